The molecule has 2 aromatic heterocycles. The van der Waals surface area contributed by atoms with Crippen molar-refractivity contribution in [3.05, 3.63) is 87.8 Å². The molecule has 6 rings (SSSR count). The van der Waals surface area contributed by atoms with Gasteiger partial charge in [-0.05, 0) is 55.0 Å². The van der Waals surface area contributed by atoms with Gasteiger partial charge in [0.25, 0.3) is 11.5 Å². The van der Waals surface area contributed by atoms with Crippen LogP contribution in [0.15, 0.2) is 65.5 Å². The first kappa shape index (κ1) is 29.2. The Balaban J connectivity index is 0.000000235. The summed E-state index contributed by atoms with van der Waals surface area (Å²) in [5.74, 6) is 7.19. The number of likely N-dealkylation sites (tertiary alicyclic amines) is 1. The monoisotopic (exact) mass is 577 g/mol. The number of nitrogens with one attached hydrogen (secondary N) is 1. The van der Waals surface area contributed by atoms with Crippen LogP contribution in [0.3, 0.4) is 0 Å². The fourth-order valence-electron chi connectivity index (χ4n) is 5.44. The fourth-order valence-corrected chi connectivity index (χ4v) is 5.44. The third-order valence-electron chi connectivity index (χ3n) is 7.67. The van der Waals surface area contributed by atoms with Crippen molar-refractivity contribution in [2.24, 2.45) is 11.7 Å². The Morgan fingerprint density at radius 1 is 1.09 bits per heavy atom. The van der Waals surface area contributed by atoms with Gasteiger partial charge in [-0.15, -0.1) is 5.10 Å². The molecular weight excluding hydrogens is 542 g/mol. The van der Waals surface area contributed by atoms with Crippen LogP contribution in [-0.4, -0.2) is 50.7 Å². The number of aryl methyl sites for hydroxylation is 1. The molecule has 2 amide bonds. The lowest BCUT2D eigenvalue weighted by Gasteiger charge is -2.28. The molecule has 2 aliphatic rings. The molecular formula is C33H35N7O3. The van der Waals surface area contributed by atoms with Crippen molar-refractivity contribution in [2.45, 2.75) is 33.1 Å². The highest BCUT2D eigenvalue weighted by molar-refractivity contribution is 6.02. The Labute approximate surface area is 250 Å². The van der Waals surface area contributed by atoms with Gasteiger partial charge in [-0.3, -0.25) is 19.0 Å². The summed E-state index contributed by atoms with van der Waals surface area (Å²) in [5.41, 5.74) is 13.5. The normalized spacial score (nSPS) is 14.1. The van der Waals surface area contributed by atoms with Gasteiger partial charge in [-0.25, -0.2) is 4.68 Å². The Hall–Kier alpha value is -5.30. The molecule has 5 N–H and O–H groups in total. The number of nitrogens with two attached hydrogens (primary N) is 2. The minimum absolute atomic E-state index is 0.0214. The Morgan fingerprint density at radius 2 is 1.84 bits per heavy atom. The average Bonchev–Trinajstić information content (AvgIpc) is 3.36. The standard InChI is InChI=1S/C26H26N2O2.C7H9N5O/c1-3-23-18-22-9-7-8-21(13-12-20-14-16-27(17-15-20)19(2)29)25(22)26(30)28(23)24-10-5-4-6-11-24;8-5-4(6(9)13)7-10-2-1-3-12(7)11-5/h4-11,18,20H,3,14-17H2,1-2H3;1,3,10H,2H2,(H2,8,11)(H2,9,13). The molecule has 4 heterocycles. The maximum Gasteiger partial charge on any atom is 0.264 e. The topological polar surface area (TPSA) is 141 Å². The van der Waals surface area contributed by atoms with E-state index in [0.717, 1.165) is 54.7 Å². The molecule has 1 fully saturated rings. The number of hydrogen-bond acceptors (Lipinski definition) is 6. The van der Waals surface area contributed by atoms with Crippen molar-refractivity contribution in [1.29, 1.82) is 0 Å². The van der Waals surface area contributed by atoms with Crippen LogP contribution in [0, 0.1) is 17.8 Å². The molecule has 10 heteroatoms. The number of carbonyl (C=O) groups is 2. The quantitative estimate of drug-likeness (QED) is 0.318. The molecule has 43 heavy (non-hydrogen) atoms. The summed E-state index contributed by atoms with van der Waals surface area (Å²) in [6.07, 6.45) is 6.13. The summed E-state index contributed by atoms with van der Waals surface area (Å²) in [7, 11) is 0. The van der Waals surface area contributed by atoms with E-state index in [1.54, 1.807) is 17.7 Å². The molecule has 0 aliphatic carbocycles. The van der Waals surface area contributed by atoms with Crippen molar-refractivity contribution in [3.63, 3.8) is 0 Å². The van der Waals surface area contributed by atoms with Gasteiger partial charge in [0.05, 0.1) is 5.39 Å². The number of nitrogens with zero attached hydrogens (tertiary/aromatic N) is 4. The van der Waals surface area contributed by atoms with Gasteiger partial charge < -0.3 is 21.7 Å². The molecule has 0 atom stereocenters. The van der Waals surface area contributed by atoms with Crippen molar-refractivity contribution < 1.29 is 9.59 Å². The van der Waals surface area contributed by atoms with Gasteiger partial charge in [-0.2, -0.15) is 0 Å². The molecule has 0 unspecified atom stereocenters. The number of primary amides is 1. The van der Waals surface area contributed by atoms with E-state index >= 15 is 0 Å². The van der Waals surface area contributed by atoms with E-state index in [0.29, 0.717) is 17.7 Å². The van der Waals surface area contributed by atoms with Crippen LogP contribution in [0.5, 0.6) is 0 Å². The van der Waals surface area contributed by atoms with Crippen LogP contribution in [0.1, 0.15) is 48.3 Å². The summed E-state index contributed by atoms with van der Waals surface area (Å²) in [5, 5.41) is 8.49. The zero-order valence-corrected chi connectivity index (χ0v) is 24.3. The lowest BCUT2D eigenvalue weighted by atomic mass is 9.96. The smallest absolute Gasteiger partial charge is 0.264 e. The fraction of sp³-hybridized carbons (Fsp3) is 0.273. The predicted molar refractivity (Wildman–Crippen MR) is 170 cm³/mol. The number of anilines is 2. The summed E-state index contributed by atoms with van der Waals surface area (Å²) in [6.45, 7) is 5.84. The maximum absolute atomic E-state index is 13.5. The maximum atomic E-state index is 13.5. The number of fused-ring (bicyclic) bond motifs is 2. The summed E-state index contributed by atoms with van der Waals surface area (Å²) < 4.78 is 3.30. The Bertz CT molecular complexity index is 1820. The third-order valence-corrected chi connectivity index (χ3v) is 7.67. The first-order valence-corrected chi connectivity index (χ1v) is 14.4. The molecule has 10 nitrogen and oxygen atoms in total. The highest BCUT2D eigenvalue weighted by atomic mass is 16.2. The van der Waals surface area contributed by atoms with E-state index in [2.05, 4.69) is 35.2 Å². The summed E-state index contributed by atoms with van der Waals surface area (Å²) in [6, 6.07) is 17.8. The molecule has 0 radical (unpaired) electrons. The number of rotatable bonds is 3. The molecule has 2 aromatic carbocycles. The van der Waals surface area contributed by atoms with Crippen LogP contribution in [0.4, 0.5) is 11.6 Å². The molecule has 1 saturated heterocycles. The van der Waals surface area contributed by atoms with E-state index in [9.17, 15) is 14.4 Å². The van der Waals surface area contributed by atoms with Crippen LogP contribution < -0.4 is 22.3 Å². The Kier molecular flexibility index (Phi) is 8.62. The zero-order chi connectivity index (χ0) is 30.5. The van der Waals surface area contributed by atoms with E-state index < -0.39 is 5.91 Å². The molecule has 0 bridgehead atoms. The van der Waals surface area contributed by atoms with Crippen molar-refractivity contribution in [2.75, 3.05) is 30.7 Å². The number of carbonyl (C=O) groups excluding carboxylic acids is 2. The number of pyridine rings is 1. The van der Waals surface area contributed by atoms with Gasteiger partial charge in [0.15, 0.2) is 5.82 Å². The van der Waals surface area contributed by atoms with Crippen molar-refractivity contribution in [1.82, 2.24) is 19.2 Å². The average molecular weight is 578 g/mol. The number of piperidine rings is 1. The molecule has 220 valence electrons. The highest BCUT2D eigenvalue weighted by Crippen LogP contribution is 2.24. The second-order valence-corrected chi connectivity index (χ2v) is 10.5. The highest BCUT2D eigenvalue weighted by Gasteiger charge is 2.21. The van der Waals surface area contributed by atoms with Crippen LogP contribution in [0.25, 0.3) is 22.7 Å². The number of amides is 2. The summed E-state index contributed by atoms with van der Waals surface area (Å²) >= 11 is 0. The number of aromatic nitrogens is 3. The number of nitrogen functional groups attached to an aromatic ring is 1. The van der Waals surface area contributed by atoms with Gasteiger partial charge in [0, 0.05) is 55.6 Å². The Morgan fingerprint density at radius 3 is 2.51 bits per heavy atom. The first-order valence-electron chi connectivity index (χ1n) is 14.4. The van der Waals surface area contributed by atoms with Gasteiger partial charge >= 0.3 is 0 Å². The largest absolute Gasteiger partial charge is 0.381 e. The second kappa shape index (κ2) is 12.7. The number of para-hydroxylation sites is 1. The van der Waals surface area contributed by atoms with Crippen molar-refractivity contribution in [3.8, 4) is 17.5 Å². The third kappa shape index (κ3) is 6.16. The molecule has 2 aliphatic heterocycles. The SMILES string of the molecule is CCc1cc2cccc(C#CC3CCN(C(C)=O)CC3)c2c(=O)n1-c1ccccc1.NC(=O)c1c(N)nn2c1NCC=C2. The minimum atomic E-state index is -0.568. The lowest BCUT2D eigenvalue weighted by Crippen LogP contribution is -2.36. The van der Waals surface area contributed by atoms with Crippen LogP contribution in [0.2, 0.25) is 0 Å². The van der Waals surface area contributed by atoms with E-state index in [4.69, 9.17) is 11.5 Å². The van der Waals surface area contributed by atoms with Crippen molar-refractivity contribution >= 4 is 40.4 Å². The number of hydrogen-bond donors (Lipinski definition) is 3. The lowest BCUT2D eigenvalue weighted by molar-refractivity contribution is -0.129. The van der Waals surface area contributed by atoms with E-state index in [1.807, 2.05) is 59.5 Å². The minimum Gasteiger partial charge on any atom is -0.381 e. The van der Waals surface area contributed by atoms with Gasteiger partial charge in [0.2, 0.25) is 5.91 Å². The van der Waals surface area contributed by atoms with Gasteiger partial charge in [0.1, 0.15) is 11.4 Å². The molecule has 0 spiro atoms. The summed E-state index contributed by atoms with van der Waals surface area (Å²) in [4.78, 5) is 37.9. The second-order valence-electron chi connectivity index (χ2n) is 10.5. The molecule has 4 aromatic rings. The zero-order valence-electron chi connectivity index (χ0n) is 24.3. The first-order chi connectivity index (χ1) is 20.8. The molecule has 0 saturated carbocycles. The van der Waals surface area contributed by atoms with E-state index in [-0.39, 0.29) is 28.8 Å². The van der Waals surface area contributed by atoms with E-state index in [1.165, 1.54) is 4.68 Å². The van der Waals surface area contributed by atoms with Crippen LogP contribution >= 0.6 is 0 Å². The van der Waals surface area contributed by atoms with Crippen LogP contribution in [-0.2, 0) is 11.2 Å². The van der Waals surface area contributed by atoms with Gasteiger partial charge in [-0.1, -0.05) is 49.1 Å². The predicted octanol–water partition coefficient (Wildman–Crippen LogP) is 3.62. The number of benzene rings is 2.